The lowest BCUT2D eigenvalue weighted by molar-refractivity contribution is 0.427. The van der Waals surface area contributed by atoms with Crippen LogP contribution in [0.15, 0.2) is 79.4 Å². The van der Waals surface area contributed by atoms with Gasteiger partial charge in [0.15, 0.2) is 0 Å². The van der Waals surface area contributed by atoms with Gasteiger partial charge in [0.05, 0.1) is 0 Å². The molecule has 0 aliphatic rings. The summed E-state index contributed by atoms with van der Waals surface area (Å²) >= 11 is 0. The van der Waals surface area contributed by atoms with E-state index in [1.165, 1.54) is 16.3 Å². The molecule has 0 spiro atoms. The molecule has 24 heavy (non-hydrogen) atoms. The Morgan fingerprint density at radius 1 is 0.958 bits per heavy atom. The molecule has 0 aliphatic heterocycles. The minimum Gasteiger partial charge on any atom is -0.508 e. The van der Waals surface area contributed by atoms with Crippen molar-refractivity contribution >= 4 is 10.8 Å². The van der Waals surface area contributed by atoms with Gasteiger partial charge in [-0.3, -0.25) is 0 Å². The van der Waals surface area contributed by atoms with Crippen LogP contribution in [0.1, 0.15) is 36.6 Å². The van der Waals surface area contributed by atoms with Crippen LogP contribution in [0.3, 0.4) is 0 Å². The Morgan fingerprint density at radius 2 is 1.62 bits per heavy atom. The van der Waals surface area contributed by atoms with Crippen molar-refractivity contribution in [3.8, 4) is 5.75 Å². The predicted octanol–water partition coefficient (Wildman–Crippen LogP) is 5.51. The first-order chi connectivity index (χ1) is 11.7. The molecule has 0 aromatic heterocycles. The van der Waals surface area contributed by atoms with Gasteiger partial charge in [0.25, 0.3) is 0 Å². The summed E-state index contributed by atoms with van der Waals surface area (Å²) in [6.45, 7) is 6.03. The second-order valence-electron chi connectivity index (χ2n) is 6.09. The molecule has 0 unspecified atom stereocenters. The summed E-state index contributed by atoms with van der Waals surface area (Å²) in [4.78, 5) is 0. The van der Waals surface area contributed by atoms with E-state index in [1.807, 2.05) is 24.3 Å². The lowest BCUT2D eigenvalue weighted by Gasteiger charge is -2.24. The van der Waals surface area contributed by atoms with Gasteiger partial charge >= 0.3 is 0 Å². The molecule has 0 saturated carbocycles. The Kier molecular flexibility index (Phi) is 4.97. The molecule has 2 nitrogen and oxygen atoms in total. The number of aromatic hydroxyl groups is 1. The number of fused-ring (bicyclic) bond motifs is 1. The van der Waals surface area contributed by atoms with Gasteiger partial charge < -0.3 is 10.4 Å². The minimum atomic E-state index is 0.0256. The largest absolute Gasteiger partial charge is 0.508 e. The van der Waals surface area contributed by atoms with Gasteiger partial charge in [-0.2, -0.15) is 0 Å². The van der Waals surface area contributed by atoms with E-state index in [4.69, 9.17) is 0 Å². The first kappa shape index (κ1) is 16.3. The predicted molar refractivity (Wildman–Crippen MR) is 101 cm³/mol. The van der Waals surface area contributed by atoms with Crippen molar-refractivity contribution in [2.75, 3.05) is 0 Å². The monoisotopic (exact) mass is 317 g/mol. The van der Waals surface area contributed by atoms with Gasteiger partial charge in [0.2, 0.25) is 0 Å². The van der Waals surface area contributed by atoms with E-state index in [9.17, 15) is 5.11 Å². The van der Waals surface area contributed by atoms with Gasteiger partial charge in [-0.1, -0.05) is 66.7 Å². The van der Waals surface area contributed by atoms with Crippen LogP contribution in [0.25, 0.3) is 10.8 Å². The summed E-state index contributed by atoms with van der Waals surface area (Å²) < 4.78 is 0. The Labute approximate surface area is 143 Å². The Bertz CT molecular complexity index is 835. The highest BCUT2D eigenvalue weighted by molar-refractivity contribution is 5.86. The zero-order valence-electron chi connectivity index (χ0n) is 13.9. The third kappa shape index (κ3) is 3.34. The van der Waals surface area contributed by atoms with Crippen molar-refractivity contribution in [1.29, 1.82) is 0 Å². The molecule has 0 fully saturated rings. The molecule has 2 N–H and O–H groups in total. The molecular formula is C22H23NO. The van der Waals surface area contributed by atoms with E-state index >= 15 is 0 Å². The van der Waals surface area contributed by atoms with Gasteiger partial charge in [0, 0.05) is 17.6 Å². The topological polar surface area (TPSA) is 32.3 Å². The van der Waals surface area contributed by atoms with Crippen LogP contribution in [-0.4, -0.2) is 5.11 Å². The van der Waals surface area contributed by atoms with Crippen molar-refractivity contribution in [1.82, 2.24) is 5.32 Å². The Balaban J connectivity index is 1.92. The van der Waals surface area contributed by atoms with Gasteiger partial charge in [0.1, 0.15) is 5.75 Å². The van der Waals surface area contributed by atoms with Crippen LogP contribution in [0.4, 0.5) is 0 Å². The molecule has 2 heteroatoms. The quantitative estimate of drug-likeness (QED) is 0.587. The highest BCUT2D eigenvalue weighted by Crippen LogP contribution is 2.31. The third-order valence-corrected chi connectivity index (χ3v) is 4.46. The molecule has 0 heterocycles. The van der Waals surface area contributed by atoms with E-state index in [1.54, 1.807) is 6.07 Å². The van der Waals surface area contributed by atoms with E-state index in [0.717, 1.165) is 12.0 Å². The standard InChI is InChI=1S/C22H23NO/c1-3-9-21(20-13-6-7-15-22(20)24)23-16(2)18-14-8-11-17-10-4-5-12-19(17)18/h3-8,10-16,21,23-24H,1,9H2,2H3/t16-,21+/m1/s1. The molecule has 0 bridgehead atoms. The van der Waals surface area contributed by atoms with Crippen molar-refractivity contribution in [3.63, 3.8) is 0 Å². The van der Waals surface area contributed by atoms with Crippen LogP contribution in [0, 0.1) is 0 Å². The highest BCUT2D eigenvalue weighted by Gasteiger charge is 2.18. The van der Waals surface area contributed by atoms with Gasteiger partial charge in [-0.15, -0.1) is 6.58 Å². The zero-order valence-corrected chi connectivity index (χ0v) is 13.9. The Morgan fingerprint density at radius 3 is 2.42 bits per heavy atom. The molecular weight excluding hydrogens is 294 g/mol. The maximum absolute atomic E-state index is 10.2. The number of phenols is 1. The summed E-state index contributed by atoms with van der Waals surface area (Å²) in [5.41, 5.74) is 2.17. The number of phenolic OH excluding ortho intramolecular Hbond substituents is 1. The molecule has 3 aromatic carbocycles. The fourth-order valence-corrected chi connectivity index (χ4v) is 3.25. The normalized spacial score (nSPS) is 13.5. The zero-order chi connectivity index (χ0) is 16.9. The number of rotatable bonds is 6. The summed E-state index contributed by atoms with van der Waals surface area (Å²) in [5, 5.41) is 16.3. The van der Waals surface area contributed by atoms with Gasteiger partial charge in [-0.25, -0.2) is 0 Å². The lowest BCUT2D eigenvalue weighted by Crippen LogP contribution is -2.24. The number of para-hydroxylation sites is 1. The second-order valence-corrected chi connectivity index (χ2v) is 6.09. The molecule has 0 saturated heterocycles. The molecule has 3 rings (SSSR count). The fourth-order valence-electron chi connectivity index (χ4n) is 3.25. The minimum absolute atomic E-state index is 0.0256. The second kappa shape index (κ2) is 7.33. The SMILES string of the molecule is C=CC[C@H](N[C@H](C)c1cccc2ccccc12)c1ccccc1O. The van der Waals surface area contributed by atoms with Crippen molar-refractivity contribution < 1.29 is 5.11 Å². The van der Waals surface area contributed by atoms with Gasteiger partial charge in [-0.05, 0) is 35.7 Å². The summed E-state index contributed by atoms with van der Waals surface area (Å²) in [7, 11) is 0. The number of nitrogens with one attached hydrogen (secondary N) is 1. The van der Waals surface area contributed by atoms with Crippen LogP contribution < -0.4 is 5.32 Å². The molecule has 0 amide bonds. The number of hydrogen-bond acceptors (Lipinski definition) is 2. The van der Waals surface area contributed by atoms with E-state index < -0.39 is 0 Å². The first-order valence-electron chi connectivity index (χ1n) is 8.33. The number of benzene rings is 3. The van der Waals surface area contributed by atoms with E-state index in [0.29, 0.717) is 5.75 Å². The van der Waals surface area contributed by atoms with Crippen molar-refractivity contribution in [2.24, 2.45) is 0 Å². The fraction of sp³-hybridized carbons (Fsp3) is 0.182. The number of hydrogen-bond donors (Lipinski definition) is 2. The maximum atomic E-state index is 10.2. The van der Waals surface area contributed by atoms with Crippen molar-refractivity contribution in [3.05, 3.63) is 90.5 Å². The lowest BCUT2D eigenvalue weighted by atomic mass is 9.96. The molecule has 3 aromatic rings. The van der Waals surface area contributed by atoms with E-state index in [2.05, 4.69) is 61.3 Å². The third-order valence-electron chi connectivity index (χ3n) is 4.46. The molecule has 122 valence electrons. The van der Waals surface area contributed by atoms with Crippen LogP contribution >= 0.6 is 0 Å². The van der Waals surface area contributed by atoms with Crippen molar-refractivity contribution in [2.45, 2.75) is 25.4 Å². The summed E-state index contributed by atoms with van der Waals surface area (Å²) in [6, 6.07) is 22.5. The van der Waals surface area contributed by atoms with Crippen LogP contribution in [0.5, 0.6) is 5.75 Å². The van der Waals surface area contributed by atoms with Crippen LogP contribution in [-0.2, 0) is 0 Å². The van der Waals surface area contributed by atoms with E-state index in [-0.39, 0.29) is 12.1 Å². The summed E-state index contributed by atoms with van der Waals surface area (Å²) in [5.74, 6) is 0.321. The molecule has 2 atom stereocenters. The first-order valence-corrected chi connectivity index (χ1v) is 8.33. The average Bonchev–Trinajstić information content (AvgIpc) is 2.61. The van der Waals surface area contributed by atoms with Crippen LogP contribution in [0.2, 0.25) is 0 Å². The molecule has 0 radical (unpaired) electrons. The summed E-state index contributed by atoms with van der Waals surface area (Å²) in [6.07, 6.45) is 2.65. The molecule has 0 aliphatic carbocycles. The smallest absolute Gasteiger partial charge is 0.120 e. The maximum Gasteiger partial charge on any atom is 0.120 e. The Hall–Kier alpha value is -2.58. The average molecular weight is 317 g/mol. The highest BCUT2D eigenvalue weighted by atomic mass is 16.3.